The van der Waals surface area contributed by atoms with Crippen LogP contribution in [0, 0.1) is 0 Å². The van der Waals surface area contributed by atoms with Gasteiger partial charge in [0.25, 0.3) is 0 Å². The molecule has 0 unspecified atom stereocenters. The number of hydrogen-bond donors (Lipinski definition) is 0. The highest BCUT2D eigenvalue weighted by molar-refractivity contribution is 3.86. The third-order valence-electron chi connectivity index (χ3n) is 0. The van der Waals surface area contributed by atoms with Crippen molar-refractivity contribution in [3.63, 3.8) is 0 Å². The molecule has 0 aromatic rings. The van der Waals surface area contributed by atoms with Crippen molar-refractivity contribution < 1.29 is 13.2 Å². The lowest BCUT2D eigenvalue weighted by Gasteiger charge is -1.45. The predicted octanol–water partition coefficient (Wildman–Crippen LogP) is 3.81. The fraction of sp³-hybridized carbons (Fsp3) is 1.00. The highest BCUT2D eigenvalue weighted by Crippen LogP contribution is 1.49. The van der Waals surface area contributed by atoms with Crippen molar-refractivity contribution in [3.8, 4) is 0 Å². The summed E-state index contributed by atoms with van der Waals surface area (Å²) in [5, 5.41) is 0. The van der Waals surface area contributed by atoms with E-state index in [1.807, 2.05) is 0 Å². The Morgan fingerprint density at radius 3 is 0.800 bits per heavy atom. The lowest BCUT2D eigenvalue weighted by Crippen LogP contribution is -1.40. The van der Waals surface area contributed by atoms with Crippen molar-refractivity contribution in [2.45, 2.75) is 28.7 Å². The van der Waals surface area contributed by atoms with Crippen LogP contribution in [0.25, 0.3) is 0 Å². The van der Waals surface area contributed by atoms with Gasteiger partial charge in [-0.05, 0) is 13.8 Å². The smallest absolute Gasteiger partial charge is 0.0866 e. The number of hydrogen-bond acceptors (Lipinski definition) is 0. The lowest BCUT2D eigenvalue weighted by atomic mass is 10.9. The molecule has 0 fully saturated rings. The van der Waals surface area contributed by atoms with Crippen LogP contribution in [-0.4, -0.2) is 20.5 Å². The van der Waals surface area contributed by atoms with E-state index in [2.05, 4.69) is 0 Å². The first-order valence-electron chi connectivity index (χ1n) is 2.33. The summed E-state index contributed by atoms with van der Waals surface area (Å²) in [5.41, 5.74) is 0. The lowest BCUT2D eigenvalue weighted by molar-refractivity contribution is 0.527. The molecule has 70 valence electrons. The molecule has 0 aliphatic heterocycles. The Bertz CT molecular complexity index is 10.8. The maximum Gasteiger partial charge on any atom is 0.0866 e. The second-order valence-corrected chi connectivity index (χ2v) is 0.535. The summed E-state index contributed by atoms with van der Waals surface area (Å²) in [4.78, 5) is 0. The van der Waals surface area contributed by atoms with Crippen LogP contribution in [0.15, 0.2) is 0 Å². The SMILES string of the molecule is C.C.CCF.CCF.CF. The van der Waals surface area contributed by atoms with Crippen molar-refractivity contribution in [3.05, 3.63) is 0 Å². The van der Waals surface area contributed by atoms with Gasteiger partial charge in [-0.25, -0.2) is 0 Å². The fourth-order valence-corrected chi connectivity index (χ4v) is 0. The van der Waals surface area contributed by atoms with E-state index in [1.165, 1.54) is 13.8 Å². The second-order valence-electron chi connectivity index (χ2n) is 0.535. The topological polar surface area (TPSA) is 0 Å². The molecule has 3 heteroatoms. The Morgan fingerprint density at radius 1 is 0.800 bits per heavy atom. The first-order valence-corrected chi connectivity index (χ1v) is 2.33. The first kappa shape index (κ1) is 33.0. The van der Waals surface area contributed by atoms with Gasteiger partial charge in [0.2, 0.25) is 0 Å². The van der Waals surface area contributed by atoms with Gasteiger partial charge in [-0.2, -0.15) is 0 Å². The largest absolute Gasteiger partial charge is 0.255 e. The normalized spacial score (nSPS) is 4.20. The van der Waals surface area contributed by atoms with Crippen LogP contribution < -0.4 is 0 Å². The van der Waals surface area contributed by atoms with E-state index in [-0.39, 0.29) is 28.2 Å². The molecule has 0 N–H and O–H groups in total. The van der Waals surface area contributed by atoms with E-state index < -0.39 is 0 Å². The standard InChI is InChI=1S/2C2H5F.CH3F.2CH4/c2*1-2-3;1-2;;/h2*2H2,1H3;1H3;2*1H4. The number of rotatable bonds is 0. The molecule has 10 heavy (non-hydrogen) atoms. The molecule has 0 amide bonds. The van der Waals surface area contributed by atoms with Gasteiger partial charge in [-0.3, -0.25) is 13.2 Å². The molecule has 0 bridgehead atoms. The summed E-state index contributed by atoms with van der Waals surface area (Å²) in [6.07, 6.45) is 0. The summed E-state index contributed by atoms with van der Waals surface area (Å²) >= 11 is 0. The molecule has 0 saturated carbocycles. The van der Waals surface area contributed by atoms with E-state index in [9.17, 15) is 13.2 Å². The van der Waals surface area contributed by atoms with Crippen LogP contribution in [0.1, 0.15) is 28.7 Å². The van der Waals surface area contributed by atoms with Crippen LogP contribution in [0.3, 0.4) is 0 Å². The molecule has 0 aromatic heterocycles. The molecular weight excluding hydrogens is 141 g/mol. The minimum Gasteiger partial charge on any atom is -0.255 e. The van der Waals surface area contributed by atoms with Crippen LogP contribution >= 0.6 is 0 Å². The van der Waals surface area contributed by atoms with Crippen LogP contribution in [0.4, 0.5) is 13.2 Å². The van der Waals surface area contributed by atoms with E-state index in [4.69, 9.17) is 0 Å². The Hall–Kier alpha value is -0.210. The molecule has 0 atom stereocenters. The summed E-state index contributed by atoms with van der Waals surface area (Å²) in [6.45, 7) is 2.42. The maximum absolute atomic E-state index is 10.3. The van der Waals surface area contributed by atoms with Crippen LogP contribution in [-0.2, 0) is 0 Å². The fourth-order valence-electron chi connectivity index (χ4n) is 0. The van der Waals surface area contributed by atoms with E-state index in [0.29, 0.717) is 7.18 Å². The zero-order chi connectivity index (χ0) is 7.41. The molecule has 0 aliphatic carbocycles. The van der Waals surface area contributed by atoms with Crippen molar-refractivity contribution in [2.75, 3.05) is 20.5 Å². The molecule has 0 spiro atoms. The van der Waals surface area contributed by atoms with Crippen LogP contribution in [0.2, 0.25) is 0 Å². The summed E-state index contributed by atoms with van der Waals surface area (Å²) in [5.74, 6) is 0. The van der Waals surface area contributed by atoms with Gasteiger partial charge in [0.05, 0.1) is 20.5 Å². The number of halogens is 3. The number of alkyl halides is 3. The summed E-state index contributed by atoms with van der Waals surface area (Å²) in [7, 11) is 0.500. The van der Waals surface area contributed by atoms with E-state index >= 15 is 0 Å². The molecule has 0 heterocycles. The van der Waals surface area contributed by atoms with Crippen LogP contribution in [0.5, 0.6) is 0 Å². The van der Waals surface area contributed by atoms with Gasteiger partial charge < -0.3 is 0 Å². The molecule has 0 nitrogen and oxygen atoms in total. The van der Waals surface area contributed by atoms with Crippen molar-refractivity contribution in [1.82, 2.24) is 0 Å². The predicted molar refractivity (Wildman–Crippen MR) is 43.8 cm³/mol. The van der Waals surface area contributed by atoms with Crippen molar-refractivity contribution >= 4 is 0 Å². The van der Waals surface area contributed by atoms with Crippen molar-refractivity contribution in [1.29, 1.82) is 0 Å². The van der Waals surface area contributed by atoms with Crippen molar-refractivity contribution in [2.24, 2.45) is 0 Å². The molecule has 0 aliphatic rings. The molecule has 0 rings (SSSR count). The minimum absolute atomic E-state index is 0. The first-order chi connectivity index (χ1) is 3.83. The van der Waals surface area contributed by atoms with Gasteiger partial charge in [0.15, 0.2) is 0 Å². The minimum atomic E-state index is -0.250. The highest BCUT2D eigenvalue weighted by atomic mass is 19.1. The van der Waals surface area contributed by atoms with Gasteiger partial charge in [0, 0.05) is 0 Å². The average Bonchev–Trinajstić information content (AvgIpc) is 1.75. The van der Waals surface area contributed by atoms with Gasteiger partial charge in [-0.1, -0.05) is 14.9 Å². The van der Waals surface area contributed by atoms with E-state index in [0.717, 1.165) is 0 Å². The highest BCUT2D eigenvalue weighted by Gasteiger charge is 1.40. The van der Waals surface area contributed by atoms with E-state index in [1.54, 1.807) is 0 Å². The van der Waals surface area contributed by atoms with Gasteiger partial charge in [0.1, 0.15) is 0 Å². The zero-order valence-corrected chi connectivity index (χ0v) is 5.55. The second kappa shape index (κ2) is 166. The quantitative estimate of drug-likeness (QED) is 0.508. The third-order valence-corrected chi connectivity index (χ3v) is 0. The molecule has 0 radical (unpaired) electrons. The summed E-state index contributed by atoms with van der Waals surface area (Å²) < 4.78 is 30.1. The molecule has 0 aromatic carbocycles. The Kier molecular flexibility index (Phi) is 549. The Morgan fingerprint density at radius 2 is 0.800 bits per heavy atom. The van der Waals surface area contributed by atoms with Gasteiger partial charge >= 0.3 is 0 Å². The Balaban J connectivity index is -0.0000000116. The zero-order valence-electron chi connectivity index (χ0n) is 5.55. The monoisotopic (exact) mass is 162 g/mol. The van der Waals surface area contributed by atoms with Gasteiger partial charge in [-0.15, -0.1) is 0 Å². The summed E-state index contributed by atoms with van der Waals surface area (Å²) in [6, 6.07) is 0. The third kappa shape index (κ3) is 8140. The Labute approximate surface area is 63.4 Å². The maximum atomic E-state index is 10.3. The molecular formula is C7H21F3. The average molecular weight is 162 g/mol. The molecule has 0 saturated heterocycles.